The van der Waals surface area contributed by atoms with Gasteiger partial charge in [0.1, 0.15) is 11.6 Å². The Bertz CT molecular complexity index is 622. The second-order valence-electron chi connectivity index (χ2n) is 3.17. The number of fused-ring (bicyclic) bond motifs is 1. The van der Waals surface area contributed by atoms with Crippen molar-refractivity contribution in [3.8, 4) is 11.8 Å². The van der Waals surface area contributed by atoms with Crippen molar-refractivity contribution in [3.63, 3.8) is 0 Å². The molecule has 0 atom stereocenters. The van der Waals surface area contributed by atoms with E-state index >= 15 is 0 Å². The van der Waals surface area contributed by atoms with E-state index in [2.05, 4.69) is 0 Å². The molecule has 0 radical (unpaired) electrons. The van der Waals surface area contributed by atoms with Crippen molar-refractivity contribution in [1.82, 2.24) is 0 Å². The molecule has 0 amide bonds. The molecule has 0 N–H and O–H groups in total. The summed E-state index contributed by atoms with van der Waals surface area (Å²) in [4.78, 5) is 11.4. The fraction of sp³-hybridized carbons (Fsp3) is 0.167. The third-order valence-corrected chi connectivity index (χ3v) is 2.14. The summed E-state index contributed by atoms with van der Waals surface area (Å²) in [5, 5.41) is 9.39. The Morgan fingerprint density at radius 1 is 1.50 bits per heavy atom. The molecule has 0 fully saturated rings. The first-order chi connectivity index (χ1) is 7.76. The first-order valence-corrected chi connectivity index (χ1v) is 4.86. The molecule has 1 heterocycles. The van der Waals surface area contributed by atoms with Crippen LogP contribution in [0.1, 0.15) is 12.5 Å². The number of nitrogens with zero attached hydrogens (tertiary/aromatic N) is 1. The van der Waals surface area contributed by atoms with E-state index in [-0.39, 0.29) is 5.56 Å². The number of nitriles is 1. The van der Waals surface area contributed by atoms with Gasteiger partial charge >= 0.3 is 5.63 Å². The molecule has 2 rings (SSSR count). The fourth-order valence-electron chi connectivity index (χ4n) is 1.46. The molecule has 0 saturated heterocycles. The first-order valence-electron chi connectivity index (χ1n) is 4.86. The highest BCUT2D eigenvalue weighted by Gasteiger charge is 2.08. The molecule has 0 aliphatic rings. The summed E-state index contributed by atoms with van der Waals surface area (Å²) in [5.74, 6) is 0.515. The number of benzene rings is 1. The summed E-state index contributed by atoms with van der Waals surface area (Å²) in [6, 6.07) is 8.57. The van der Waals surface area contributed by atoms with Gasteiger partial charge in [0, 0.05) is 5.39 Å². The lowest BCUT2D eigenvalue weighted by Crippen LogP contribution is -2.04. The minimum Gasteiger partial charge on any atom is -0.490 e. The Morgan fingerprint density at radius 3 is 3.00 bits per heavy atom. The van der Waals surface area contributed by atoms with Crippen LogP contribution in [0.2, 0.25) is 0 Å². The molecule has 0 bridgehead atoms. The topological polar surface area (TPSA) is 63.2 Å². The molecule has 2 aromatic rings. The molecule has 0 spiro atoms. The standard InChI is InChI=1S/C12H9NO3/c1-2-15-10-5-3-4-8-6-9(7-13)12(14)16-11(8)10/h3-6H,2H2,1H3. The van der Waals surface area contributed by atoms with Crippen molar-refractivity contribution < 1.29 is 9.15 Å². The number of para-hydroxylation sites is 1. The predicted molar refractivity (Wildman–Crippen MR) is 58.4 cm³/mol. The lowest BCUT2D eigenvalue weighted by atomic mass is 10.2. The van der Waals surface area contributed by atoms with Gasteiger partial charge in [-0.1, -0.05) is 12.1 Å². The van der Waals surface area contributed by atoms with Crippen molar-refractivity contribution in [2.24, 2.45) is 0 Å². The highest BCUT2D eigenvalue weighted by atomic mass is 16.5. The normalized spacial score (nSPS) is 10.0. The average molecular weight is 215 g/mol. The van der Waals surface area contributed by atoms with Crippen LogP contribution in [0.5, 0.6) is 5.75 Å². The smallest absolute Gasteiger partial charge is 0.354 e. The van der Waals surface area contributed by atoms with E-state index < -0.39 is 5.63 Å². The van der Waals surface area contributed by atoms with Crippen LogP contribution in [0.25, 0.3) is 11.0 Å². The molecule has 0 aliphatic carbocycles. The molecule has 0 saturated carbocycles. The second kappa shape index (κ2) is 4.07. The van der Waals surface area contributed by atoms with E-state index in [0.29, 0.717) is 23.3 Å². The Kier molecular flexibility index (Phi) is 2.61. The van der Waals surface area contributed by atoms with Gasteiger partial charge in [-0.25, -0.2) is 4.79 Å². The molecule has 16 heavy (non-hydrogen) atoms. The minimum absolute atomic E-state index is 0.00106. The summed E-state index contributed by atoms with van der Waals surface area (Å²) in [7, 11) is 0. The SMILES string of the molecule is CCOc1cccc2cc(C#N)c(=O)oc12. The second-order valence-corrected chi connectivity index (χ2v) is 3.17. The Morgan fingerprint density at radius 2 is 2.31 bits per heavy atom. The largest absolute Gasteiger partial charge is 0.490 e. The summed E-state index contributed by atoms with van der Waals surface area (Å²) in [6.45, 7) is 2.34. The third-order valence-electron chi connectivity index (χ3n) is 2.14. The van der Waals surface area contributed by atoms with E-state index in [1.807, 2.05) is 6.92 Å². The maximum absolute atomic E-state index is 11.4. The van der Waals surface area contributed by atoms with Crippen molar-refractivity contribution in [1.29, 1.82) is 5.26 Å². The van der Waals surface area contributed by atoms with Gasteiger partial charge in [-0.3, -0.25) is 0 Å². The molecule has 4 nitrogen and oxygen atoms in total. The van der Waals surface area contributed by atoms with E-state index in [1.54, 1.807) is 24.3 Å². The Labute approximate surface area is 91.7 Å². The summed E-state index contributed by atoms with van der Waals surface area (Å²) in [6.07, 6.45) is 0. The lowest BCUT2D eigenvalue weighted by molar-refractivity contribution is 0.337. The van der Waals surface area contributed by atoms with Crippen molar-refractivity contribution in [2.75, 3.05) is 6.61 Å². The van der Waals surface area contributed by atoms with Gasteiger partial charge in [-0.15, -0.1) is 0 Å². The lowest BCUT2D eigenvalue weighted by Gasteiger charge is -2.05. The minimum atomic E-state index is -0.637. The molecule has 1 aromatic heterocycles. The average Bonchev–Trinajstić information content (AvgIpc) is 2.29. The Hall–Kier alpha value is -2.28. The van der Waals surface area contributed by atoms with Crippen LogP contribution in [0.15, 0.2) is 33.5 Å². The molecular weight excluding hydrogens is 206 g/mol. The molecule has 1 aromatic carbocycles. The first kappa shape index (κ1) is 10.2. The van der Waals surface area contributed by atoms with Crippen molar-refractivity contribution in [2.45, 2.75) is 6.92 Å². The maximum atomic E-state index is 11.4. The maximum Gasteiger partial charge on any atom is 0.354 e. The molecule has 0 unspecified atom stereocenters. The number of rotatable bonds is 2. The van der Waals surface area contributed by atoms with Crippen LogP contribution in [-0.4, -0.2) is 6.61 Å². The van der Waals surface area contributed by atoms with E-state index in [1.165, 1.54) is 6.07 Å². The van der Waals surface area contributed by atoms with Crippen molar-refractivity contribution in [3.05, 3.63) is 40.2 Å². The monoisotopic (exact) mass is 215 g/mol. The fourth-order valence-corrected chi connectivity index (χ4v) is 1.46. The quantitative estimate of drug-likeness (QED) is 0.719. The van der Waals surface area contributed by atoms with Crippen LogP contribution in [0, 0.1) is 11.3 Å². The van der Waals surface area contributed by atoms with Gasteiger partial charge in [0.05, 0.1) is 6.61 Å². The molecule has 4 heteroatoms. The zero-order chi connectivity index (χ0) is 11.5. The van der Waals surface area contributed by atoms with Gasteiger partial charge in [0.2, 0.25) is 0 Å². The van der Waals surface area contributed by atoms with Crippen LogP contribution in [0.4, 0.5) is 0 Å². The van der Waals surface area contributed by atoms with Crippen LogP contribution in [-0.2, 0) is 0 Å². The van der Waals surface area contributed by atoms with Crippen molar-refractivity contribution >= 4 is 11.0 Å². The molecule has 80 valence electrons. The molecular formula is C12H9NO3. The number of hydrogen-bond donors (Lipinski definition) is 0. The summed E-state index contributed by atoms with van der Waals surface area (Å²) >= 11 is 0. The van der Waals surface area contributed by atoms with Gasteiger partial charge < -0.3 is 9.15 Å². The summed E-state index contributed by atoms with van der Waals surface area (Å²) in [5.41, 5.74) is -0.253. The zero-order valence-corrected chi connectivity index (χ0v) is 8.69. The molecule has 0 aliphatic heterocycles. The van der Waals surface area contributed by atoms with Gasteiger partial charge in [0.15, 0.2) is 11.3 Å². The van der Waals surface area contributed by atoms with Gasteiger partial charge in [0.25, 0.3) is 0 Å². The highest BCUT2D eigenvalue weighted by molar-refractivity contribution is 5.83. The van der Waals surface area contributed by atoms with E-state index in [0.717, 1.165) is 0 Å². The number of ether oxygens (including phenoxy) is 1. The highest BCUT2D eigenvalue weighted by Crippen LogP contribution is 2.24. The van der Waals surface area contributed by atoms with Crippen LogP contribution < -0.4 is 10.4 Å². The zero-order valence-electron chi connectivity index (χ0n) is 8.69. The van der Waals surface area contributed by atoms with Crippen LogP contribution in [0.3, 0.4) is 0 Å². The van der Waals surface area contributed by atoms with E-state index in [4.69, 9.17) is 14.4 Å². The van der Waals surface area contributed by atoms with Crippen LogP contribution >= 0.6 is 0 Å². The van der Waals surface area contributed by atoms with Gasteiger partial charge in [-0.05, 0) is 19.1 Å². The predicted octanol–water partition coefficient (Wildman–Crippen LogP) is 2.06. The number of hydrogen-bond acceptors (Lipinski definition) is 4. The Balaban J connectivity index is 2.76. The summed E-state index contributed by atoms with van der Waals surface area (Å²) < 4.78 is 10.4. The third kappa shape index (κ3) is 1.63. The van der Waals surface area contributed by atoms with Gasteiger partial charge in [-0.2, -0.15) is 5.26 Å². The van der Waals surface area contributed by atoms with E-state index in [9.17, 15) is 4.79 Å².